The zero-order valence-corrected chi connectivity index (χ0v) is 32.4. The minimum atomic E-state index is -3.92. The zero-order valence-electron chi connectivity index (χ0n) is 29.9. The first-order chi connectivity index (χ1) is 26.2. The molecule has 5 aromatic carbocycles. The van der Waals surface area contributed by atoms with Crippen LogP contribution in [0.3, 0.4) is 0 Å². The third-order valence-electron chi connectivity index (χ3n) is 6.74. The highest BCUT2D eigenvalue weighted by Gasteiger charge is 2.12. The zero-order chi connectivity index (χ0) is 40.1. The maximum Gasteiger partial charge on any atom is 0.0916 e. The molecule has 1 aliphatic rings. The second-order valence-electron chi connectivity index (χ2n) is 11.2. The van der Waals surface area contributed by atoms with Crippen LogP contribution in [0, 0.1) is 0 Å². The predicted octanol–water partition coefficient (Wildman–Crippen LogP) is 7.69. The number of nitrogens with zero attached hydrogens (tertiary/aromatic N) is 1. The van der Waals surface area contributed by atoms with Gasteiger partial charge in [0.1, 0.15) is 0 Å². The molecule has 12 nitrogen and oxygen atoms in total. The summed E-state index contributed by atoms with van der Waals surface area (Å²) in [5, 5.41) is 18.7. The molecule has 0 amide bonds. The van der Waals surface area contributed by atoms with Crippen molar-refractivity contribution in [3.63, 3.8) is 0 Å². The first-order valence-corrected chi connectivity index (χ1v) is 20.9. The Morgan fingerprint density at radius 3 is 1.24 bits per heavy atom. The fourth-order valence-electron chi connectivity index (χ4n) is 4.70. The van der Waals surface area contributed by atoms with Gasteiger partial charge in [0.05, 0.1) is 31.6 Å². The lowest BCUT2D eigenvalue weighted by molar-refractivity contribution is -0.777. The quantitative estimate of drug-likeness (QED) is 0.0640. The molecule has 55 heavy (non-hydrogen) atoms. The Morgan fingerprint density at radius 1 is 0.564 bits per heavy atom. The SMILES string of the molecule is C1=CC(=C(c2ccc(Nc3ccccc3)cc2)c2ccc(Nc3ccccc3)cc2)C=CC1=Nc1ccccc1.CS(=O)(=O)[O-].CS(=O)(=O)[O-].CSOO[O-]. The van der Waals surface area contributed by atoms with Crippen LogP contribution in [-0.2, 0) is 29.6 Å². The van der Waals surface area contributed by atoms with E-state index >= 15 is 0 Å². The van der Waals surface area contributed by atoms with Gasteiger partial charge in [0.15, 0.2) is 0 Å². The highest BCUT2D eigenvalue weighted by atomic mass is 32.2. The van der Waals surface area contributed by atoms with Gasteiger partial charge >= 0.3 is 0 Å². The van der Waals surface area contributed by atoms with Gasteiger partial charge in [-0.25, -0.2) is 21.8 Å². The van der Waals surface area contributed by atoms with Crippen LogP contribution in [0.4, 0.5) is 28.4 Å². The number of aliphatic imine (C=N–C) groups is 1. The highest BCUT2D eigenvalue weighted by Crippen LogP contribution is 2.32. The van der Waals surface area contributed by atoms with Crippen molar-refractivity contribution in [2.45, 2.75) is 0 Å². The Bertz CT molecular complexity index is 2100. The van der Waals surface area contributed by atoms with Gasteiger partial charge < -0.3 is 25.0 Å². The average molecular weight is 801 g/mol. The first-order valence-electron chi connectivity index (χ1n) is 16.1. The van der Waals surface area contributed by atoms with Crippen LogP contribution in [0.25, 0.3) is 5.57 Å². The molecule has 5 aromatic rings. The number of nitrogens with one attached hydrogen (secondary N) is 2. The standard InChI is InChI=1S/C37H29N3.3CH4O3S/c1-4-10-31(11-5-1)38-34-22-16-28(17-23-34)37(29-18-24-35(25-19-29)39-32-12-6-2-7-13-32)30-20-26-36(27-21-30)40-33-14-8-3-9-15-33;2*1-5(2,3)4;1-5-4-3-2/h1-27,38-39H;2*1H3,(H,2,3,4);2H,1H3/p-3. The van der Waals surface area contributed by atoms with E-state index in [0.717, 1.165) is 62.9 Å². The van der Waals surface area contributed by atoms with Crippen LogP contribution in [0.1, 0.15) is 11.1 Å². The summed E-state index contributed by atoms with van der Waals surface area (Å²) in [6, 6.07) is 47.7. The van der Waals surface area contributed by atoms with E-state index in [0.29, 0.717) is 12.5 Å². The predicted molar refractivity (Wildman–Crippen MR) is 217 cm³/mol. The molecule has 0 unspecified atom stereocenters. The van der Waals surface area contributed by atoms with Gasteiger partial charge in [0, 0.05) is 53.6 Å². The lowest BCUT2D eigenvalue weighted by Crippen LogP contribution is -2.00. The molecule has 0 atom stereocenters. The van der Waals surface area contributed by atoms with E-state index < -0.39 is 20.2 Å². The van der Waals surface area contributed by atoms with Gasteiger partial charge in [0.2, 0.25) is 0 Å². The Labute approximate surface area is 326 Å². The van der Waals surface area contributed by atoms with Crippen molar-refractivity contribution in [2.75, 3.05) is 29.4 Å². The molecule has 0 spiro atoms. The van der Waals surface area contributed by atoms with Crippen LogP contribution in [-0.4, -0.2) is 50.4 Å². The molecule has 2 N–H and O–H groups in total. The highest BCUT2D eigenvalue weighted by molar-refractivity contribution is 7.93. The summed E-state index contributed by atoms with van der Waals surface area (Å²) in [5.74, 6) is 0. The second kappa shape index (κ2) is 22.8. The summed E-state index contributed by atoms with van der Waals surface area (Å²) in [6.07, 6.45) is 11.3. The second-order valence-corrected chi connectivity index (χ2v) is 14.5. The Kier molecular flexibility index (Phi) is 18.2. The molecule has 0 bridgehead atoms. The van der Waals surface area contributed by atoms with Crippen molar-refractivity contribution in [1.82, 2.24) is 0 Å². The topological polar surface area (TPSA) is 192 Å². The normalized spacial score (nSPS) is 11.7. The lowest BCUT2D eigenvalue weighted by atomic mass is 9.90. The van der Waals surface area contributed by atoms with Gasteiger partial charge in [-0.05, 0) is 95.1 Å². The molecule has 0 saturated carbocycles. The molecular formula is C40H38N3O9S3-3. The van der Waals surface area contributed by atoms with Gasteiger partial charge in [-0.2, -0.15) is 4.33 Å². The fraction of sp³-hybridized carbons (Fsp3) is 0.0750. The van der Waals surface area contributed by atoms with E-state index in [1.54, 1.807) is 6.26 Å². The number of hydrogen-bond acceptors (Lipinski definition) is 13. The minimum Gasteiger partial charge on any atom is -0.748 e. The van der Waals surface area contributed by atoms with E-state index in [4.69, 9.17) is 36.2 Å². The van der Waals surface area contributed by atoms with Crippen molar-refractivity contribution in [2.24, 2.45) is 4.99 Å². The number of benzene rings is 5. The minimum absolute atomic E-state index is 0.604. The summed E-state index contributed by atoms with van der Waals surface area (Å²) in [6.45, 7) is 0. The Morgan fingerprint density at radius 2 is 0.909 bits per heavy atom. The van der Waals surface area contributed by atoms with Crippen molar-refractivity contribution >= 4 is 72.0 Å². The first kappa shape index (κ1) is 44.0. The number of para-hydroxylation sites is 3. The molecule has 0 aromatic heterocycles. The molecule has 0 saturated heterocycles. The summed E-state index contributed by atoms with van der Waals surface area (Å²) >= 11 is 0.867. The molecule has 0 radical (unpaired) electrons. The van der Waals surface area contributed by atoms with Crippen molar-refractivity contribution < 1.29 is 40.6 Å². The van der Waals surface area contributed by atoms with Gasteiger partial charge in [-0.15, -0.1) is 0 Å². The van der Waals surface area contributed by atoms with E-state index in [1.807, 2.05) is 66.7 Å². The molecule has 6 rings (SSSR count). The van der Waals surface area contributed by atoms with Crippen molar-refractivity contribution in [1.29, 1.82) is 0 Å². The van der Waals surface area contributed by atoms with Gasteiger partial charge in [0.25, 0.3) is 0 Å². The third kappa shape index (κ3) is 19.0. The molecule has 0 heterocycles. The molecule has 15 heteroatoms. The lowest BCUT2D eigenvalue weighted by Gasteiger charge is -2.16. The van der Waals surface area contributed by atoms with Crippen molar-refractivity contribution in [3.05, 3.63) is 181 Å². The van der Waals surface area contributed by atoms with Crippen LogP contribution < -0.4 is 15.9 Å². The fourth-order valence-corrected chi connectivity index (χ4v) is 4.75. The largest absolute Gasteiger partial charge is 0.748 e. The van der Waals surface area contributed by atoms with E-state index in [-0.39, 0.29) is 0 Å². The number of allylic oxidation sites excluding steroid dienone is 5. The molecule has 1 aliphatic carbocycles. The number of hydrogen-bond donors (Lipinski definition) is 2. The molecule has 288 valence electrons. The molecule has 0 aliphatic heterocycles. The smallest absolute Gasteiger partial charge is 0.0916 e. The van der Waals surface area contributed by atoms with Crippen LogP contribution in [0.2, 0.25) is 0 Å². The average Bonchev–Trinajstić information content (AvgIpc) is 3.14. The van der Waals surface area contributed by atoms with E-state index in [1.165, 1.54) is 5.57 Å². The summed E-state index contributed by atoms with van der Waals surface area (Å²) in [5.41, 5.74) is 10.7. The van der Waals surface area contributed by atoms with Crippen LogP contribution >= 0.6 is 12.0 Å². The van der Waals surface area contributed by atoms with Crippen LogP contribution in [0.5, 0.6) is 0 Å². The van der Waals surface area contributed by atoms with Gasteiger partial charge in [-0.1, -0.05) is 91.0 Å². The maximum atomic E-state index is 9.08. The van der Waals surface area contributed by atoms with Crippen LogP contribution in [0.15, 0.2) is 174 Å². The van der Waals surface area contributed by atoms with Gasteiger partial charge in [-0.3, -0.25) is 5.04 Å². The molecule has 0 fully saturated rings. The maximum absolute atomic E-state index is 9.08. The summed E-state index contributed by atoms with van der Waals surface area (Å²) in [4.78, 5) is 4.76. The number of rotatable bonds is 9. The Balaban J connectivity index is 0.000000462. The number of anilines is 4. The Hall–Kier alpha value is -5.36. The summed E-state index contributed by atoms with van der Waals surface area (Å²) in [7, 11) is -7.83. The molecular weight excluding hydrogens is 763 g/mol. The van der Waals surface area contributed by atoms with E-state index in [2.05, 4.69) is 117 Å². The monoisotopic (exact) mass is 800 g/mol. The van der Waals surface area contributed by atoms with Crippen molar-refractivity contribution in [3.8, 4) is 0 Å². The third-order valence-corrected chi connectivity index (χ3v) is 6.93. The summed E-state index contributed by atoms with van der Waals surface area (Å²) < 4.78 is 58.2. The van der Waals surface area contributed by atoms with E-state index in [9.17, 15) is 0 Å².